The fourth-order valence-corrected chi connectivity index (χ4v) is 2.81. The summed E-state index contributed by atoms with van der Waals surface area (Å²) in [6, 6.07) is 8.43. The Hall–Kier alpha value is -0.810. The summed E-state index contributed by atoms with van der Waals surface area (Å²) in [6.07, 6.45) is 2.35. The van der Waals surface area contributed by atoms with E-state index in [-0.39, 0.29) is 0 Å². The maximum Gasteiger partial charge on any atom is 0.119 e. The van der Waals surface area contributed by atoms with Gasteiger partial charge >= 0.3 is 0 Å². The molecule has 0 spiro atoms. The summed E-state index contributed by atoms with van der Waals surface area (Å²) in [5, 5.41) is 0. The lowest BCUT2D eigenvalue weighted by molar-refractivity contribution is 0.111. The highest BCUT2D eigenvalue weighted by Gasteiger charge is 2.12. The van der Waals surface area contributed by atoms with Gasteiger partial charge in [0.2, 0.25) is 0 Å². The summed E-state index contributed by atoms with van der Waals surface area (Å²) in [5.41, 5.74) is 1.38. The number of benzene rings is 1. The average Bonchev–Trinajstić information content (AvgIpc) is 2.58. The Morgan fingerprint density at radius 3 is 2.43 bits per heavy atom. The van der Waals surface area contributed by atoms with Gasteiger partial charge in [-0.3, -0.25) is 0 Å². The van der Waals surface area contributed by atoms with Gasteiger partial charge in [-0.25, -0.2) is 0 Å². The number of aryl methyl sites for hydroxylation is 1. The molecule has 1 fully saturated rings. The molecule has 1 aromatic carbocycles. The fraction of sp³-hybridized carbons (Fsp3) is 0.667. The molecule has 0 saturated carbocycles. The Morgan fingerprint density at radius 2 is 1.74 bits per heavy atom. The molecule has 0 radical (unpaired) electrons. The van der Waals surface area contributed by atoms with E-state index < -0.39 is 0 Å². The zero-order chi connectivity index (χ0) is 16.3. The third-order valence-electron chi connectivity index (χ3n) is 4.18. The molecule has 0 aliphatic carbocycles. The number of ether oxygens (including phenoxy) is 2. The van der Waals surface area contributed by atoms with Crippen molar-refractivity contribution in [3.8, 4) is 5.75 Å². The zero-order valence-electron chi connectivity index (χ0n) is 14.2. The number of halogens is 1. The van der Waals surface area contributed by atoms with E-state index in [1.807, 2.05) is 12.1 Å². The Bertz CT molecular complexity index is 420. The van der Waals surface area contributed by atoms with Crippen molar-refractivity contribution < 1.29 is 9.47 Å². The van der Waals surface area contributed by atoms with Crippen LogP contribution in [0.25, 0.3) is 0 Å². The predicted molar refractivity (Wildman–Crippen MR) is 95.7 cm³/mol. The molecular weight excluding hydrogens is 312 g/mol. The van der Waals surface area contributed by atoms with Gasteiger partial charge in [-0.2, -0.15) is 0 Å². The maximum absolute atomic E-state index is 5.64. The first kappa shape index (κ1) is 18.5. The van der Waals surface area contributed by atoms with Gasteiger partial charge in [0.1, 0.15) is 12.4 Å². The molecule has 130 valence electrons. The van der Waals surface area contributed by atoms with E-state index in [0.717, 1.165) is 12.2 Å². The van der Waals surface area contributed by atoms with E-state index in [9.17, 15) is 0 Å². The van der Waals surface area contributed by atoms with E-state index >= 15 is 0 Å². The highest BCUT2D eigenvalue weighted by Crippen LogP contribution is 2.14. The van der Waals surface area contributed by atoms with E-state index in [1.54, 1.807) is 0 Å². The van der Waals surface area contributed by atoms with Crippen molar-refractivity contribution in [1.29, 1.82) is 0 Å². The quantitative estimate of drug-likeness (QED) is 0.482. The molecule has 2 rings (SSSR count). The number of hydrogen-bond donors (Lipinski definition) is 0. The van der Waals surface area contributed by atoms with E-state index in [0.29, 0.717) is 25.7 Å². The molecule has 0 atom stereocenters. The Labute approximate surface area is 145 Å². The van der Waals surface area contributed by atoms with Crippen molar-refractivity contribution >= 4 is 11.6 Å². The Balaban J connectivity index is 1.59. The van der Waals surface area contributed by atoms with Gasteiger partial charge in [0.25, 0.3) is 0 Å². The van der Waals surface area contributed by atoms with Gasteiger partial charge in [0, 0.05) is 32.1 Å². The minimum absolute atomic E-state index is 0.531. The summed E-state index contributed by atoms with van der Waals surface area (Å²) >= 11 is 5.54. The molecular formula is C18H29ClN2O2. The third kappa shape index (κ3) is 7.53. The first-order chi connectivity index (χ1) is 11.3. The maximum atomic E-state index is 5.64. The van der Waals surface area contributed by atoms with Crippen LogP contribution < -0.4 is 4.74 Å². The van der Waals surface area contributed by atoms with Crippen LogP contribution in [0.5, 0.6) is 5.75 Å². The van der Waals surface area contributed by atoms with Crippen LogP contribution in [0.3, 0.4) is 0 Å². The number of piperazine rings is 1. The lowest BCUT2D eigenvalue weighted by Crippen LogP contribution is -2.44. The summed E-state index contributed by atoms with van der Waals surface area (Å²) in [5.74, 6) is 1.44. The van der Waals surface area contributed by atoms with Crippen LogP contribution in [0.1, 0.15) is 12.0 Å². The molecule has 1 aliphatic heterocycles. The fourth-order valence-electron chi connectivity index (χ4n) is 2.71. The van der Waals surface area contributed by atoms with Crippen molar-refractivity contribution in [2.45, 2.75) is 12.8 Å². The number of hydrogen-bond acceptors (Lipinski definition) is 4. The van der Waals surface area contributed by atoms with Gasteiger partial charge in [-0.1, -0.05) is 12.1 Å². The van der Waals surface area contributed by atoms with E-state index in [4.69, 9.17) is 21.1 Å². The normalized spacial score (nSPS) is 16.6. The van der Waals surface area contributed by atoms with Crippen LogP contribution in [0.4, 0.5) is 0 Å². The van der Waals surface area contributed by atoms with Crippen LogP contribution in [-0.4, -0.2) is 75.3 Å². The second kappa shape index (κ2) is 10.9. The minimum Gasteiger partial charge on any atom is -0.491 e. The average molecular weight is 341 g/mol. The molecule has 1 saturated heterocycles. The predicted octanol–water partition coefficient (Wildman–Crippen LogP) is 2.50. The second-order valence-electron chi connectivity index (χ2n) is 6.04. The summed E-state index contributed by atoms with van der Waals surface area (Å²) in [4.78, 5) is 4.97. The second-order valence-corrected chi connectivity index (χ2v) is 6.42. The van der Waals surface area contributed by atoms with Crippen LogP contribution >= 0.6 is 11.6 Å². The van der Waals surface area contributed by atoms with E-state index in [1.165, 1.54) is 44.7 Å². The van der Waals surface area contributed by atoms with Crippen LogP contribution in [0.2, 0.25) is 0 Å². The SMILES string of the molecule is CN1CCN(CCCc2ccc(OCCOCCCl)cc2)CC1. The molecule has 0 bridgehead atoms. The van der Waals surface area contributed by atoms with Gasteiger partial charge < -0.3 is 19.3 Å². The highest BCUT2D eigenvalue weighted by molar-refractivity contribution is 6.17. The topological polar surface area (TPSA) is 24.9 Å². The zero-order valence-corrected chi connectivity index (χ0v) is 14.9. The summed E-state index contributed by atoms with van der Waals surface area (Å²) in [7, 11) is 2.20. The van der Waals surface area contributed by atoms with Gasteiger partial charge in [0.15, 0.2) is 0 Å². The Morgan fingerprint density at radius 1 is 1.00 bits per heavy atom. The van der Waals surface area contributed by atoms with Crippen molar-refractivity contribution in [2.75, 3.05) is 65.5 Å². The van der Waals surface area contributed by atoms with Crippen molar-refractivity contribution in [2.24, 2.45) is 0 Å². The molecule has 0 unspecified atom stereocenters. The monoisotopic (exact) mass is 340 g/mol. The largest absolute Gasteiger partial charge is 0.491 e. The molecule has 1 aromatic rings. The first-order valence-corrected chi connectivity index (χ1v) is 9.08. The third-order valence-corrected chi connectivity index (χ3v) is 4.33. The first-order valence-electron chi connectivity index (χ1n) is 8.54. The molecule has 0 aromatic heterocycles. The molecule has 4 nitrogen and oxygen atoms in total. The summed E-state index contributed by atoms with van der Waals surface area (Å²) < 4.78 is 10.9. The molecule has 1 aliphatic rings. The highest BCUT2D eigenvalue weighted by atomic mass is 35.5. The van der Waals surface area contributed by atoms with E-state index in [2.05, 4.69) is 29.0 Å². The summed E-state index contributed by atoms with van der Waals surface area (Å²) in [6.45, 7) is 7.73. The van der Waals surface area contributed by atoms with Crippen molar-refractivity contribution in [3.05, 3.63) is 29.8 Å². The molecule has 0 amide bonds. The van der Waals surface area contributed by atoms with Crippen molar-refractivity contribution in [1.82, 2.24) is 9.80 Å². The van der Waals surface area contributed by atoms with Crippen LogP contribution in [-0.2, 0) is 11.2 Å². The lowest BCUT2D eigenvalue weighted by atomic mass is 10.1. The molecule has 23 heavy (non-hydrogen) atoms. The van der Waals surface area contributed by atoms with Gasteiger partial charge in [-0.15, -0.1) is 11.6 Å². The lowest BCUT2D eigenvalue weighted by Gasteiger charge is -2.32. The Kier molecular flexibility index (Phi) is 8.76. The molecule has 1 heterocycles. The smallest absolute Gasteiger partial charge is 0.119 e. The number of alkyl halides is 1. The van der Waals surface area contributed by atoms with Crippen LogP contribution in [0.15, 0.2) is 24.3 Å². The number of rotatable bonds is 10. The molecule has 0 N–H and O–H groups in total. The number of nitrogens with zero attached hydrogens (tertiary/aromatic N) is 2. The minimum atomic E-state index is 0.531. The van der Waals surface area contributed by atoms with Crippen molar-refractivity contribution in [3.63, 3.8) is 0 Å². The van der Waals surface area contributed by atoms with Gasteiger partial charge in [0.05, 0.1) is 13.2 Å². The van der Waals surface area contributed by atoms with Crippen LogP contribution in [0, 0.1) is 0 Å². The molecule has 5 heteroatoms. The standard InChI is InChI=1S/C18H29ClN2O2/c1-20-10-12-21(13-11-20)9-2-3-17-4-6-18(7-5-17)23-16-15-22-14-8-19/h4-7H,2-3,8-16H2,1H3. The number of likely N-dealkylation sites (N-methyl/N-ethyl adjacent to an activating group) is 1. The van der Waals surface area contributed by atoms with Gasteiger partial charge in [-0.05, 0) is 44.1 Å².